The van der Waals surface area contributed by atoms with Crippen LogP contribution in [-0.2, 0) is 26.7 Å². The molecule has 1 aromatic heterocycles. The molecule has 4 rings (SSSR count). The van der Waals surface area contributed by atoms with E-state index in [1.165, 1.54) is 36.4 Å². The monoisotopic (exact) mass is 745 g/mol. The number of rotatable bonds is 8. The van der Waals surface area contributed by atoms with Gasteiger partial charge in [-0.1, -0.05) is 24.0 Å². The van der Waals surface area contributed by atoms with E-state index >= 15 is 0 Å². The smallest absolute Gasteiger partial charge is 0.416 e. The molecule has 9 nitrogen and oxygen atoms in total. The number of hydrogen-bond donors (Lipinski definition) is 3. The van der Waals surface area contributed by atoms with E-state index in [-0.39, 0.29) is 49.3 Å². The first-order valence-electron chi connectivity index (χ1n) is 13.9. The number of carboxylic acids is 1. The fourth-order valence-electron chi connectivity index (χ4n) is 4.25. The van der Waals surface area contributed by atoms with Crippen molar-refractivity contribution in [2.45, 2.75) is 45.1 Å². The van der Waals surface area contributed by atoms with Crippen LogP contribution < -0.4 is 10.6 Å². The quantitative estimate of drug-likeness (QED) is 0.119. The summed E-state index contributed by atoms with van der Waals surface area (Å²) in [7, 11) is 0. The molecule has 1 aliphatic rings. The highest BCUT2D eigenvalue weighted by Gasteiger charge is 2.38. The zero-order chi connectivity index (χ0) is 36.5. The molecule has 260 valence electrons. The summed E-state index contributed by atoms with van der Waals surface area (Å²) < 4.78 is 87.1. The van der Waals surface area contributed by atoms with E-state index in [1.807, 2.05) is 0 Å². The Balaban J connectivity index is 1.61. The van der Waals surface area contributed by atoms with E-state index in [9.17, 15) is 45.5 Å². The van der Waals surface area contributed by atoms with Crippen LogP contribution in [0.5, 0.6) is 0 Å². The van der Waals surface area contributed by atoms with Gasteiger partial charge in [-0.3, -0.25) is 19.8 Å². The predicted octanol–water partition coefficient (Wildman–Crippen LogP) is 8.73. The van der Waals surface area contributed by atoms with Gasteiger partial charge in [-0.2, -0.15) is 26.3 Å². The molecular weight excluding hydrogens is 721 g/mol. The molecule has 3 N–H and O–H groups in total. The molecule has 2 aromatic carbocycles. The number of carbonyl (C=O) groups excluding carboxylic acids is 3. The van der Waals surface area contributed by atoms with E-state index in [0.29, 0.717) is 17.8 Å². The molecule has 0 saturated carbocycles. The Morgan fingerprint density at radius 3 is 2.06 bits per heavy atom. The van der Waals surface area contributed by atoms with Gasteiger partial charge in [0.25, 0.3) is 5.91 Å². The van der Waals surface area contributed by atoms with Gasteiger partial charge in [-0.15, -0.1) is 11.3 Å². The van der Waals surface area contributed by atoms with Crippen molar-refractivity contribution in [3.63, 3.8) is 0 Å². The fourth-order valence-corrected chi connectivity index (χ4v) is 6.63. The number of ether oxygens (including phenoxy) is 1. The Labute approximate surface area is 288 Å². The number of thioether (sulfide) groups is 1. The second-order valence-corrected chi connectivity index (χ2v) is 14.1. The molecule has 0 radical (unpaired) electrons. The maximum absolute atomic E-state index is 13.6. The molecule has 49 heavy (non-hydrogen) atoms. The van der Waals surface area contributed by atoms with Crippen LogP contribution in [0.2, 0.25) is 0 Å². The van der Waals surface area contributed by atoms with Crippen LogP contribution in [0.4, 0.5) is 41.8 Å². The van der Waals surface area contributed by atoms with Crippen molar-refractivity contribution >= 4 is 80.3 Å². The second kappa shape index (κ2) is 14.2. The lowest BCUT2D eigenvalue weighted by Gasteiger charge is -2.20. The van der Waals surface area contributed by atoms with Crippen LogP contribution in [0, 0.1) is 0 Å². The van der Waals surface area contributed by atoms with Gasteiger partial charge >= 0.3 is 24.4 Å². The van der Waals surface area contributed by atoms with Crippen LogP contribution in [-0.4, -0.2) is 50.3 Å². The number of carboxylic acid groups (broad SMARTS) is 1. The zero-order valence-electron chi connectivity index (χ0n) is 25.5. The molecule has 0 unspecified atom stereocenters. The van der Waals surface area contributed by atoms with Crippen LogP contribution in [0.1, 0.15) is 53.6 Å². The largest absolute Gasteiger partial charge is 0.478 e. The molecule has 0 spiro atoms. The summed E-state index contributed by atoms with van der Waals surface area (Å²) in [5, 5.41) is 13.8. The Morgan fingerprint density at radius 1 is 0.939 bits per heavy atom. The zero-order valence-corrected chi connectivity index (χ0v) is 28.0. The fraction of sp³-hybridized carbons (Fsp3) is 0.258. The first-order valence-corrected chi connectivity index (χ1v) is 16.0. The van der Waals surface area contributed by atoms with E-state index in [2.05, 4.69) is 10.6 Å². The first-order chi connectivity index (χ1) is 22.6. The van der Waals surface area contributed by atoms with Gasteiger partial charge in [0.1, 0.15) is 14.9 Å². The summed E-state index contributed by atoms with van der Waals surface area (Å²) in [6.07, 6.45) is -10.1. The SMILES string of the molecule is CC(C)(C)OC(=O)Nc1sc(C=C2SC(=S)N(CCC(=O)Nc3ccc(C(=O)O)cc3)C2=O)cc1-c1cc(C(F)(F)F)cc(C(F)(F)F)c1. The molecule has 18 heteroatoms. The molecular formula is C31H25F6N3O6S3. The van der Waals surface area contributed by atoms with Crippen molar-refractivity contribution in [2.24, 2.45) is 0 Å². The summed E-state index contributed by atoms with van der Waals surface area (Å²) in [6, 6.07) is 7.65. The molecule has 3 amide bonds. The number of aromatic carboxylic acids is 1. The molecule has 2 heterocycles. The maximum Gasteiger partial charge on any atom is 0.416 e. The van der Waals surface area contributed by atoms with Crippen molar-refractivity contribution in [3.8, 4) is 11.1 Å². The minimum Gasteiger partial charge on any atom is -0.478 e. The third kappa shape index (κ3) is 9.82. The Morgan fingerprint density at radius 2 is 1.53 bits per heavy atom. The molecule has 0 bridgehead atoms. The average Bonchev–Trinajstić information content (AvgIpc) is 3.48. The summed E-state index contributed by atoms with van der Waals surface area (Å²) in [5.74, 6) is -2.24. The number of hydrogen-bond acceptors (Lipinski definition) is 8. The Hall–Kier alpha value is -4.42. The normalized spacial score (nSPS) is 14.7. The van der Waals surface area contributed by atoms with Gasteiger partial charge in [0.15, 0.2) is 0 Å². The highest BCUT2D eigenvalue weighted by Crippen LogP contribution is 2.44. The van der Waals surface area contributed by atoms with Crippen molar-refractivity contribution in [1.29, 1.82) is 0 Å². The Bertz CT molecular complexity index is 1810. The highest BCUT2D eigenvalue weighted by molar-refractivity contribution is 8.26. The number of alkyl halides is 6. The van der Waals surface area contributed by atoms with Crippen molar-refractivity contribution in [1.82, 2.24) is 4.90 Å². The number of nitrogens with one attached hydrogen (secondary N) is 2. The molecule has 1 aliphatic heterocycles. The second-order valence-electron chi connectivity index (χ2n) is 11.3. The summed E-state index contributed by atoms with van der Waals surface area (Å²) in [5.41, 5.74) is -4.45. The number of carbonyl (C=O) groups is 4. The minimum absolute atomic E-state index is 0.0155. The van der Waals surface area contributed by atoms with Crippen LogP contribution in [0.3, 0.4) is 0 Å². The first kappa shape index (κ1) is 37.4. The van der Waals surface area contributed by atoms with E-state index < -0.39 is 58.5 Å². The number of nitrogens with zero attached hydrogens (tertiary/aromatic N) is 1. The molecule has 1 fully saturated rings. The van der Waals surface area contributed by atoms with Crippen LogP contribution in [0.15, 0.2) is 53.4 Å². The van der Waals surface area contributed by atoms with Gasteiger partial charge in [-0.05, 0) is 80.9 Å². The van der Waals surface area contributed by atoms with E-state index in [0.717, 1.165) is 28.0 Å². The standard InChI is InChI=1S/C31H25F6N3O6S3/c1-29(2,3)46-27(45)39-24-21(16-10-17(30(32,33)34)12-18(11-16)31(35,36)37)13-20(48-24)14-22-25(42)40(28(47)49-22)9-8-23(41)38-19-6-4-15(5-7-19)26(43)44/h4-7,10-14H,8-9H2,1-3H3,(H,38,41)(H,39,45)(H,43,44). The van der Waals surface area contributed by atoms with Gasteiger partial charge in [-0.25, -0.2) is 9.59 Å². The Kier molecular flexibility index (Phi) is 10.8. The average molecular weight is 746 g/mol. The van der Waals surface area contributed by atoms with Crippen molar-refractivity contribution in [3.05, 3.63) is 75.0 Å². The molecule has 3 aromatic rings. The number of thiophene rings is 1. The van der Waals surface area contributed by atoms with Gasteiger partial charge in [0.2, 0.25) is 5.91 Å². The molecule has 0 aliphatic carbocycles. The van der Waals surface area contributed by atoms with Gasteiger partial charge in [0, 0.05) is 29.1 Å². The lowest BCUT2D eigenvalue weighted by atomic mass is 10.00. The molecule has 0 atom stereocenters. The number of thiocarbonyl (C=S) groups is 1. The summed E-state index contributed by atoms with van der Waals surface area (Å²) in [4.78, 5) is 50.7. The van der Waals surface area contributed by atoms with Crippen molar-refractivity contribution in [2.75, 3.05) is 17.2 Å². The lowest BCUT2D eigenvalue weighted by molar-refractivity contribution is -0.143. The number of amides is 3. The number of benzene rings is 2. The lowest BCUT2D eigenvalue weighted by Crippen LogP contribution is -2.31. The van der Waals surface area contributed by atoms with Crippen molar-refractivity contribution < 1.29 is 55.4 Å². The van der Waals surface area contributed by atoms with Gasteiger partial charge in [0.05, 0.1) is 21.6 Å². The highest BCUT2D eigenvalue weighted by atomic mass is 32.2. The third-order valence-electron chi connectivity index (χ3n) is 6.39. The van der Waals surface area contributed by atoms with Gasteiger partial charge < -0.3 is 15.2 Å². The van der Waals surface area contributed by atoms with Crippen LogP contribution in [0.25, 0.3) is 17.2 Å². The number of anilines is 2. The number of halogens is 6. The summed E-state index contributed by atoms with van der Waals surface area (Å²) in [6.45, 7) is 4.53. The summed E-state index contributed by atoms with van der Waals surface area (Å²) >= 11 is 6.93. The minimum atomic E-state index is -5.12. The maximum atomic E-state index is 13.6. The topological polar surface area (TPSA) is 125 Å². The third-order valence-corrected chi connectivity index (χ3v) is 8.76. The predicted molar refractivity (Wildman–Crippen MR) is 176 cm³/mol. The van der Waals surface area contributed by atoms with E-state index in [1.54, 1.807) is 20.8 Å². The van der Waals surface area contributed by atoms with Crippen LogP contribution >= 0.6 is 35.3 Å². The van der Waals surface area contributed by atoms with E-state index in [4.69, 9.17) is 22.1 Å². The molecule has 1 saturated heterocycles.